The highest BCUT2D eigenvalue weighted by Gasteiger charge is 2.08. The Morgan fingerprint density at radius 2 is 2.06 bits per heavy atom. The molecule has 1 aromatic carbocycles. The van der Waals surface area contributed by atoms with Crippen LogP contribution >= 0.6 is 0 Å². The fourth-order valence-electron chi connectivity index (χ4n) is 1.54. The van der Waals surface area contributed by atoms with Crippen molar-refractivity contribution >= 4 is 5.95 Å². The van der Waals surface area contributed by atoms with E-state index < -0.39 is 11.6 Å². The van der Waals surface area contributed by atoms with E-state index in [9.17, 15) is 8.78 Å². The Morgan fingerprint density at radius 1 is 1.31 bits per heavy atom. The second-order valence-electron chi connectivity index (χ2n) is 3.62. The van der Waals surface area contributed by atoms with Crippen LogP contribution in [0, 0.1) is 18.6 Å². The Kier molecular flexibility index (Phi) is 2.60. The van der Waals surface area contributed by atoms with Gasteiger partial charge in [0.25, 0.3) is 0 Å². The molecule has 0 aliphatic carbocycles. The summed E-state index contributed by atoms with van der Waals surface area (Å²) in [6.45, 7) is 1.83. The van der Waals surface area contributed by atoms with E-state index in [0.717, 1.165) is 17.5 Å². The molecule has 84 valence electrons. The number of nitrogens with two attached hydrogens (primary N) is 1. The molecule has 0 saturated carbocycles. The van der Waals surface area contributed by atoms with E-state index in [1.807, 2.05) is 6.92 Å². The summed E-state index contributed by atoms with van der Waals surface area (Å²) in [6.07, 6.45) is 0.427. The fourth-order valence-corrected chi connectivity index (χ4v) is 1.54. The number of nitrogen functional groups attached to an aromatic ring is 1. The molecule has 5 heteroatoms. The lowest BCUT2D eigenvalue weighted by Gasteiger charge is -2.00. The molecule has 0 spiro atoms. The number of rotatable bonds is 2. The zero-order valence-corrected chi connectivity index (χ0v) is 8.72. The minimum atomic E-state index is -0.848. The molecule has 0 bridgehead atoms. The Labute approximate surface area is 91.3 Å². The number of aromatic nitrogens is 2. The molecule has 0 amide bonds. The highest BCUT2D eigenvalue weighted by atomic mass is 19.2. The molecule has 16 heavy (non-hydrogen) atoms. The highest BCUT2D eigenvalue weighted by molar-refractivity contribution is 5.30. The minimum Gasteiger partial charge on any atom is -0.369 e. The van der Waals surface area contributed by atoms with Gasteiger partial charge in [-0.05, 0) is 24.6 Å². The lowest BCUT2D eigenvalue weighted by atomic mass is 10.1. The maximum Gasteiger partial charge on any atom is 0.197 e. The molecule has 1 heterocycles. The summed E-state index contributed by atoms with van der Waals surface area (Å²) < 4.78 is 25.7. The lowest BCUT2D eigenvalue weighted by Crippen LogP contribution is -1.94. The Bertz CT molecular complexity index is 520. The molecule has 0 radical (unpaired) electrons. The molecule has 0 atom stereocenters. The first-order valence-corrected chi connectivity index (χ1v) is 4.81. The molecule has 2 rings (SSSR count). The smallest absolute Gasteiger partial charge is 0.197 e. The number of imidazole rings is 1. The number of hydrogen-bond donors (Lipinski definition) is 2. The van der Waals surface area contributed by atoms with Crippen LogP contribution in [0.5, 0.6) is 0 Å². The van der Waals surface area contributed by atoms with Gasteiger partial charge in [0.05, 0.1) is 5.69 Å². The highest BCUT2D eigenvalue weighted by Crippen LogP contribution is 2.15. The summed E-state index contributed by atoms with van der Waals surface area (Å²) in [5.74, 6) is -1.37. The summed E-state index contributed by atoms with van der Waals surface area (Å²) in [6, 6.07) is 3.80. The van der Waals surface area contributed by atoms with Gasteiger partial charge in [0.1, 0.15) is 0 Å². The average molecular weight is 223 g/mol. The largest absolute Gasteiger partial charge is 0.369 e. The van der Waals surface area contributed by atoms with Crippen LogP contribution in [0.1, 0.15) is 17.0 Å². The maximum absolute atomic E-state index is 13.0. The van der Waals surface area contributed by atoms with Crippen molar-refractivity contribution in [3.8, 4) is 0 Å². The van der Waals surface area contributed by atoms with Gasteiger partial charge in [0.15, 0.2) is 17.6 Å². The van der Waals surface area contributed by atoms with Crippen molar-refractivity contribution in [2.24, 2.45) is 0 Å². The maximum atomic E-state index is 13.0. The first-order chi connectivity index (χ1) is 7.56. The zero-order valence-electron chi connectivity index (χ0n) is 8.72. The predicted octanol–water partition coefficient (Wildman–Crippen LogP) is 2.17. The summed E-state index contributed by atoms with van der Waals surface area (Å²) in [7, 11) is 0. The van der Waals surface area contributed by atoms with E-state index in [0.29, 0.717) is 17.9 Å². The van der Waals surface area contributed by atoms with Crippen LogP contribution in [0.15, 0.2) is 18.2 Å². The standard InChI is InChI=1S/C11H11F2N3/c1-6-10(16-11(14)15-6)5-7-2-3-8(12)9(13)4-7/h2-4H,5H2,1H3,(H3,14,15,16). The number of aromatic amines is 1. The molecule has 0 saturated heterocycles. The van der Waals surface area contributed by atoms with Crippen molar-refractivity contribution in [3.63, 3.8) is 0 Å². The minimum absolute atomic E-state index is 0.329. The molecule has 0 unspecified atom stereocenters. The van der Waals surface area contributed by atoms with Gasteiger partial charge in [0.2, 0.25) is 0 Å². The molecule has 3 N–H and O–H groups in total. The third kappa shape index (κ3) is 2.03. The van der Waals surface area contributed by atoms with Crippen molar-refractivity contribution in [1.29, 1.82) is 0 Å². The van der Waals surface area contributed by atoms with E-state index in [-0.39, 0.29) is 0 Å². The molecule has 1 aromatic heterocycles. The van der Waals surface area contributed by atoms with Crippen LogP contribution in [0.3, 0.4) is 0 Å². The van der Waals surface area contributed by atoms with Gasteiger partial charge in [-0.1, -0.05) is 6.07 Å². The van der Waals surface area contributed by atoms with Gasteiger partial charge >= 0.3 is 0 Å². The Hall–Kier alpha value is -1.91. The van der Waals surface area contributed by atoms with Crippen molar-refractivity contribution < 1.29 is 8.78 Å². The summed E-state index contributed by atoms with van der Waals surface area (Å²) in [5.41, 5.74) is 7.72. The van der Waals surface area contributed by atoms with Gasteiger partial charge in [0, 0.05) is 12.1 Å². The molecular formula is C11H11F2N3. The van der Waals surface area contributed by atoms with Gasteiger partial charge in [-0.3, -0.25) is 0 Å². The predicted molar refractivity (Wildman–Crippen MR) is 56.9 cm³/mol. The number of anilines is 1. The third-order valence-electron chi connectivity index (χ3n) is 2.36. The fraction of sp³-hybridized carbons (Fsp3) is 0.182. The SMILES string of the molecule is Cc1[nH]c(N)nc1Cc1ccc(F)c(F)c1. The van der Waals surface area contributed by atoms with Crippen LogP contribution in [-0.2, 0) is 6.42 Å². The quantitative estimate of drug-likeness (QED) is 0.819. The summed E-state index contributed by atoms with van der Waals surface area (Å²) >= 11 is 0. The molecule has 2 aromatic rings. The normalized spacial score (nSPS) is 10.7. The van der Waals surface area contributed by atoms with E-state index in [2.05, 4.69) is 9.97 Å². The molecule has 0 aliphatic rings. The number of aryl methyl sites for hydroxylation is 1. The topological polar surface area (TPSA) is 54.7 Å². The average Bonchev–Trinajstić information content (AvgIpc) is 2.51. The number of halogens is 2. The summed E-state index contributed by atoms with van der Waals surface area (Å²) in [5, 5.41) is 0. The van der Waals surface area contributed by atoms with Crippen LogP contribution < -0.4 is 5.73 Å². The van der Waals surface area contributed by atoms with Crippen molar-refractivity contribution in [1.82, 2.24) is 9.97 Å². The third-order valence-corrected chi connectivity index (χ3v) is 2.36. The van der Waals surface area contributed by atoms with Crippen molar-refractivity contribution in [3.05, 3.63) is 46.8 Å². The van der Waals surface area contributed by atoms with Crippen LogP contribution in [0.4, 0.5) is 14.7 Å². The summed E-state index contributed by atoms with van der Waals surface area (Å²) in [4.78, 5) is 6.92. The number of nitrogens with one attached hydrogen (secondary N) is 1. The molecular weight excluding hydrogens is 212 g/mol. The number of benzene rings is 1. The lowest BCUT2D eigenvalue weighted by molar-refractivity contribution is 0.507. The number of H-pyrrole nitrogens is 1. The molecule has 0 aliphatic heterocycles. The van der Waals surface area contributed by atoms with Gasteiger partial charge in [-0.15, -0.1) is 0 Å². The number of hydrogen-bond acceptors (Lipinski definition) is 2. The Balaban J connectivity index is 2.27. The Morgan fingerprint density at radius 3 is 2.62 bits per heavy atom. The van der Waals surface area contributed by atoms with Gasteiger partial charge < -0.3 is 10.7 Å². The first kappa shape index (κ1) is 10.6. The van der Waals surface area contributed by atoms with Crippen molar-refractivity contribution in [2.45, 2.75) is 13.3 Å². The van der Waals surface area contributed by atoms with Crippen LogP contribution in [0.25, 0.3) is 0 Å². The second-order valence-corrected chi connectivity index (χ2v) is 3.62. The van der Waals surface area contributed by atoms with E-state index >= 15 is 0 Å². The van der Waals surface area contributed by atoms with E-state index in [4.69, 9.17) is 5.73 Å². The van der Waals surface area contributed by atoms with E-state index in [1.54, 1.807) is 0 Å². The number of nitrogens with zero attached hydrogens (tertiary/aromatic N) is 1. The van der Waals surface area contributed by atoms with Crippen LogP contribution in [-0.4, -0.2) is 9.97 Å². The first-order valence-electron chi connectivity index (χ1n) is 4.81. The molecule has 3 nitrogen and oxygen atoms in total. The van der Waals surface area contributed by atoms with Crippen LogP contribution in [0.2, 0.25) is 0 Å². The van der Waals surface area contributed by atoms with E-state index in [1.165, 1.54) is 12.1 Å². The van der Waals surface area contributed by atoms with Gasteiger partial charge in [-0.2, -0.15) is 0 Å². The van der Waals surface area contributed by atoms with Crippen molar-refractivity contribution in [2.75, 3.05) is 5.73 Å². The molecule has 0 fully saturated rings. The van der Waals surface area contributed by atoms with Gasteiger partial charge in [-0.25, -0.2) is 13.8 Å². The monoisotopic (exact) mass is 223 g/mol. The zero-order chi connectivity index (χ0) is 11.7. The second kappa shape index (κ2) is 3.92.